The lowest BCUT2D eigenvalue weighted by Crippen LogP contribution is -2.26. The van der Waals surface area contributed by atoms with Gasteiger partial charge in [0.1, 0.15) is 18.5 Å². The number of aromatic nitrogens is 3. The van der Waals surface area contributed by atoms with Gasteiger partial charge in [0.25, 0.3) is 0 Å². The number of anilines is 1. The molecule has 1 atom stereocenters. The molecule has 4 rings (SSSR count). The molecule has 3 aromatic carbocycles. The minimum Gasteiger partial charge on any atom is -0.491 e. The number of aliphatic hydroxyl groups excluding tert-OH is 1. The molecule has 176 valence electrons. The zero-order valence-corrected chi connectivity index (χ0v) is 19.7. The van der Waals surface area contributed by atoms with Crippen molar-refractivity contribution in [1.82, 2.24) is 14.8 Å². The van der Waals surface area contributed by atoms with Gasteiger partial charge in [-0.15, -0.1) is 5.10 Å². The molecule has 1 heterocycles. The molecular formula is C27H30N4O3. The molecule has 0 aliphatic rings. The number of nitrogens with one attached hydrogen (secondary N) is 1. The predicted molar refractivity (Wildman–Crippen MR) is 134 cm³/mol. The van der Waals surface area contributed by atoms with E-state index >= 15 is 0 Å². The first-order valence-electron chi connectivity index (χ1n) is 11.4. The van der Waals surface area contributed by atoms with Crippen LogP contribution in [0.2, 0.25) is 0 Å². The summed E-state index contributed by atoms with van der Waals surface area (Å²) in [5, 5.41) is 18.1. The quantitative estimate of drug-likeness (QED) is 0.355. The molecule has 2 N–H and O–H groups in total. The van der Waals surface area contributed by atoms with E-state index in [-0.39, 0.29) is 6.61 Å². The van der Waals surface area contributed by atoms with Crippen LogP contribution < -0.4 is 14.8 Å². The van der Waals surface area contributed by atoms with Crippen LogP contribution in [0.5, 0.6) is 11.8 Å². The average Bonchev–Trinajstić information content (AvgIpc) is 3.27. The number of nitrogens with zero attached hydrogens (tertiary/aromatic N) is 3. The Bertz CT molecular complexity index is 1200. The lowest BCUT2D eigenvalue weighted by Gasteiger charge is -2.15. The highest BCUT2D eigenvalue weighted by atomic mass is 16.5. The van der Waals surface area contributed by atoms with E-state index in [9.17, 15) is 5.11 Å². The lowest BCUT2D eigenvalue weighted by molar-refractivity contribution is 0.117. The van der Waals surface area contributed by atoms with Gasteiger partial charge in [-0.05, 0) is 56.7 Å². The van der Waals surface area contributed by atoms with E-state index in [0.29, 0.717) is 25.0 Å². The maximum absolute atomic E-state index is 10.3. The van der Waals surface area contributed by atoms with E-state index in [0.717, 1.165) is 28.3 Å². The van der Waals surface area contributed by atoms with Gasteiger partial charge >= 0.3 is 6.01 Å². The fourth-order valence-corrected chi connectivity index (χ4v) is 3.47. The summed E-state index contributed by atoms with van der Waals surface area (Å²) in [7, 11) is 0. The molecule has 0 aliphatic carbocycles. The summed E-state index contributed by atoms with van der Waals surface area (Å²) in [4.78, 5) is 4.58. The molecule has 0 aliphatic heterocycles. The number of aliphatic hydroxyl groups is 1. The number of ether oxygens (including phenoxy) is 2. The van der Waals surface area contributed by atoms with Crippen molar-refractivity contribution in [1.29, 1.82) is 0 Å². The van der Waals surface area contributed by atoms with E-state index in [4.69, 9.17) is 9.47 Å². The molecule has 7 nitrogen and oxygen atoms in total. The van der Waals surface area contributed by atoms with Crippen molar-refractivity contribution < 1.29 is 14.6 Å². The summed E-state index contributed by atoms with van der Waals surface area (Å²) in [5.74, 6) is 1.50. The average molecular weight is 459 g/mol. The molecular weight excluding hydrogens is 428 g/mol. The standard InChI is InChI=1S/C27H30N4O3/c1-4-33-27-29-26(21-11-9-19(2)10-12-21)31(30-27)23-15-13-22(14-16-23)28-17-24(32)18-34-25-8-6-5-7-20(25)3/h5-16,24,28,32H,4,17-18H2,1-3H3/t24-/m0/s1. The van der Waals surface area contributed by atoms with Gasteiger partial charge in [0, 0.05) is 17.8 Å². The van der Waals surface area contributed by atoms with Crippen molar-refractivity contribution in [2.24, 2.45) is 0 Å². The van der Waals surface area contributed by atoms with Crippen LogP contribution in [0.25, 0.3) is 17.1 Å². The molecule has 0 fully saturated rings. The van der Waals surface area contributed by atoms with Gasteiger partial charge in [0.2, 0.25) is 0 Å². The van der Waals surface area contributed by atoms with Crippen molar-refractivity contribution in [3.05, 3.63) is 83.9 Å². The largest absolute Gasteiger partial charge is 0.491 e. The number of hydrogen-bond donors (Lipinski definition) is 2. The molecule has 0 radical (unpaired) electrons. The maximum Gasteiger partial charge on any atom is 0.336 e. The predicted octanol–water partition coefficient (Wildman–Crippen LogP) is 4.80. The van der Waals surface area contributed by atoms with Crippen molar-refractivity contribution in [3.8, 4) is 28.8 Å². The van der Waals surface area contributed by atoms with Crippen molar-refractivity contribution in [2.75, 3.05) is 25.1 Å². The Morgan fingerprint density at radius 1 is 0.941 bits per heavy atom. The van der Waals surface area contributed by atoms with Gasteiger partial charge in [-0.25, -0.2) is 4.68 Å². The molecule has 0 spiro atoms. The van der Waals surface area contributed by atoms with Crippen molar-refractivity contribution in [3.63, 3.8) is 0 Å². The number of aryl methyl sites for hydroxylation is 2. The van der Waals surface area contributed by atoms with Gasteiger partial charge in [0.15, 0.2) is 5.82 Å². The first kappa shape index (κ1) is 23.3. The summed E-state index contributed by atoms with van der Waals surface area (Å²) in [6, 6.07) is 24.1. The molecule has 0 bridgehead atoms. The van der Waals surface area contributed by atoms with Gasteiger partial charge in [-0.1, -0.05) is 48.0 Å². The molecule has 0 amide bonds. The second kappa shape index (κ2) is 10.9. The molecule has 34 heavy (non-hydrogen) atoms. The Hall–Kier alpha value is -3.84. The molecule has 1 aromatic heterocycles. The normalized spacial score (nSPS) is 11.8. The van der Waals surface area contributed by atoms with Crippen LogP contribution >= 0.6 is 0 Å². The number of hydrogen-bond acceptors (Lipinski definition) is 6. The Labute approximate surface area is 200 Å². The van der Waals surface area contributed by atoms with Gasteiger partial charge < -0.3 is 19.9 Å². The van der Waals surface area contributed by atoms with Crippen molar-refractivity contribution >= 4 is 5.69 Å². The van der Waals surface area contributed by atoms with Crippen molar-refractivity contribution in [2.45, 2.75) is 26.9 Å². The summed E-state index contributed by atoms with van der Waals surface area (Å²) >= 11 is 0. The zero-order chi connectivity index (χ0) is 23.9. The van der Waals surface area contributed by atoms with Gasteiger partial charge in [-0.2, -0.15) is 4.98 Å². The zero-order valence-electron chi connectivity index (χ0n) is 19.7. The van der Waals surface area contributed by atoms with Crippen LogP contribution in [0, 0.1) is 13.8 Å². The second-order valence-corrected chi connectivity index (χ2v) is 8.09. The van der Waals surface area contributed by atoms with E-state index in [2.05, 4.69) is 34.5 Å². The summed E-state index contributed by atoms with van der Waals surface area (Å²) in [6.45, 7) is 7.03. The third kappa shape index (κ3) is 5.74. The SMILES string of the molecule is CCOc1nc(-c2ccc(C)cc2)n(-c2ccc(NC[C@H](O)COc3ccccc3C)cc2)n1. The Morgan fingerprint density at radius 3 is 2.38 bits per heavy atom. The smallest absolute Gasteiger partial charge is 0.336 e. The van der Waals surface area contributed by atoms with Crippen LogP contribution in [0.3, 0.4) is 0 Å². The Morgan fingerprint density at radius 2 is 1.68 bits per heavy atom. The topological polar surface area (TPSA) is 81.4 Å². The van der Waals surface area contributed by atoms with Crippen LogP contribution in [-0.2, 0) is 0 Å². The first-order valence-corrected chi connectivity index (χ1v) is 11.4. The minimum atomic E-state index is -0.642. The molecule has 7 heteroatoms. The molecule has 0 saturated carbocycles. The van der Waals surface area contributed by atoms with E-state index in [1.165, 1.54) is 5.56 Å². The van der Waals surface area contributed by atoms with E-state index < -0.39 is 6.10 Å². The van der Waals surface area contributed by atoms with E-state index in [1.807, 2.05) is 74.5 Å². The fourth-order valence-electron chi connectivity index (χ4n) is 3.47. The van der Waals surface area contributed by atoms with Crippen LogP contribution in [0.4, 0.5) is 5.69 Å². The summed E-state index contributed by atoms with van der Waals surface area (Å²) in [5.41, 5.74) is 4.94. The van der Waals surface area contributed by atoms with E-state index in [1.54, 1.807) is 4.68 Å². The Balaban J connectivity index is 1.42. The number of rotatable bonds is 10. The first-order chi connectivity index (χ1) is 16.5. The van der Waals surface area contributed by atoms with Crippen LogP contribution in [0.1, 0.15) is 18.1 Å². The summed E-state index contributed by atoms with van der Waals surface area (Å²) < 4.78 is 13.1. The lowest BCUT2D eigenvalue weighted by atomic mass is 10.1. The molecule has 4 aromatic rings. The van der Waals surface area contributed by atoms with Gasteiger partial charge in [-0.3, -0.25) is 0 Å². The number of benzene rings is 3. The monoisotopic (exact) mass is 458 g/mol. The minimum absolute atomic E-state index is 0.217. The highest BCUT2D eigenvalue weighted by molar-refractivity contribution is 5.60. The Kier molecular flexibility index (Phi) is 7.44. The highest BCUT2D eigenvalue weighted by Gasteiger charge is 2.15. The van der Waals surface area contributed by atoms with Gasteiger partial charge in [0.05, 0.1) is 12.3 Å². The van der Waals surface area contributed by atoms with Crippen LogP contribution in [0.15, 0.2) is 72.8 Å². The fraction of sp³-hybridized carbons (Fsp3) is 0.259. The van der Waals surface area contributed by atoms with Crippen LogP contribution in [-0.4, -0.2) is 45.7 Å². The second-order valence-electron chi connectivity index (χ2n) is 8.09. The number of para-hydroxylation sites is 1. The third-order valence-electron chi connectivity index (χ3n) is 5.35. The molecule has 0 saturated heterocycles. The highest BCUT2D eigenvalue weighted by Crippen LogP contribution is 2.25. The summed E-state index contributed by atoms with van der Waals surface area (Å²) in [6.07, 6.45) is -0.642. The third-order valence-corrected chi connectivity index (χ3v) is 5.35. The molecule has 0 unspecified atom stereocenters. The maximum atomic E-state index is 10.3.